The summed E-state index contributed by atoms with van der Waals surface area (Å²) in [6.07, 6.45) is 0. The molecule has 0 bridgehead atoms. The van der Waals surface area contributed by atoms with Crippen LogP contribution in [0.25, 0.3) is 0 Å². The summed E-state index contributed by atoms with van der Waals surface area (Å²) in [5.41, 5.74) is 0.998. The summed E-state index contributed by atoms with van der Waals surface area (Å²) in [4.78, 5) is 16.6. The Hall–Kier alpha value is -1.30. The van der Waals surface area contributed by atoms with Crippen LogP contribution in [0.15, 0.2) is 18.2 Å². The molecule has 1 aromatic carbocycles. The molecule has 0 spiro atoms. The number of rotatable bonds is 7. The van der Waals surface area contributed by atoms with E-state index in [2.05, 4.69) is 22.0 Å². The molecule has 6 heteroatoms. The quantitative estimate of drug-likeness (QED) is 0.769. The number of hydrogen-bond acceptors (Lipinski definition) is 4. The molecule has 0 radical (unpaired) electrons. The number of nitrogens with one attached hydrogen (secondary N) is 1. The number of hydrogen-bond donors (Lipinski definition) is 1. The van der Waals surface area contributed by atoms with E-state index < -0.39 is 0 Å². The van der Waals surface area contributed by atoms with Crippen LogP contribution in [0.4, 0.5) is 0 Å². The zero-order valence-electron chi connectivity index (χ0n) is 14.0. The monoisotopic (exact) mass is 339 g/mol. The van der Waals surface area contributed by atoms with Crippen molar-refractivity contribution < 1.29 is 9.53 Å². The lowest BCUT2D eigenvalue weighted by molar-refractivity contribution is -0.122. The molecule has 0 aromatic heterocycles. The number of piperazine rings is 1. The molecule has 1 saturated heterocycles. The largest absolute Gasteiger partial charge is 0.490 e. The highest BCUT2D eigenvalue weighted by Gasteiger charge is 2.17. The minimum absolute atomic E-state index is 0.0504. The fraction of sp³-hybridized carbons (Fsp3) is 0.588. The van der Waals surface area contributed by atoms with Gasteiger partial charge in [0, 0.05) is 26.2 Å². The van der Waals surface area contributed by atoms with Gasteiger partial charge in [0.25, 0.3) is 0 Å². The first-order chi connectivity index (χ1) is 11.1. The van der Waals surface area contributed by atoms with Crippen molar-refractivity contribution in [2.24, 2.45) is 0 Å². The standard InChI is InChI=1S/C17H26ClN3O2/c1-3-20-8-10-21(11-9-20)13-16(22)19-7-12-23-17-14(2)5-4-6-15(17)18/h4-6H,3,7-13H2,1-2H3,(H,19,22). The first kappa shape index (κ1) is 18.0. The fourth-order valence-electron chi connectivity index (χ4n) is 2.67. The number of aryl methyl sites for hydroxylation is 1. The summed E-state index contributed by atoms with van der Waals surface area (Å²) >= 11 is 6.10. The summed E-state index contributed by atoms with van der Waals surface area (Å²) in [6.45, 7) is 10.6. The predicted molar refractivity (Wildman–Crippen MR) is 93.2 cm³/mol. The minimum Gasteiger partial charge on any atom is -0.490 e. The molecule has 1 amide bonds. The van der Waals surface area contributed by atoms with Crippen molar-refractivity contribution in [2.75, 3.05) is 52.4 Å². The number of nitrogens with zero attached hydrogens (tertiary/aromatic N) is 2. The molecular formula is C17H26ClN3O2. The molecule has 1 aliphatic rings. The number of carbonyl (C=O) groups excluding carboxylic acids is 1. The first-order valence-corrected chi connectivity index (χ1v) is 8.57. The van der Waals surface area contributed by atoms with Gasteiger partial charge in [-0.2, -0.15) is 0 Å². The Labute approximate surface area is 143 Å². The zero-order valence-corrected chi connectivity index (χ0v) is 14.7. The number of benzene rings is 1. The summed E-state index contributed by atoms with van der Waals surface area (Å²) in [5, 5.41) is 3.50. The summed E-state index contributed by atoms with van der Waals surface area (Å²) in [7, 11) is 0. The van der Waals surface area contributed by atoms with Gasteiger partial charge in [-0.25, -0.2) is 0 Å². The van der Waals surface area contributed by atoms with Gasteiger partial charge in [0.05, 0.1) is 18.1 Å². The van der Waals surface area contributed by atoms with Crippen molar-refractivity contribution in [2.45, 2.75) is 13.8 Å². The Balaban J connectivity index is 1.64. The first-order valence-electron chi connectivity index (χ1n) is 8.19. The Morgan fingerprint density at radius 1 is 1.26 bits per heavy atom. The van der Waals surface area contributed by atoms with Gasteiger partial charge >= 0.3 is 0 Å². The highest BCUT2D eigenvalue weighted by molar-refractivity contribution is 6.32. The van der Waals surface area contributed by atoms with Crippen LogP contribution < -0.4 is 10.1 Å². The van der Waals surface area contributed by atoms with Crippen LogP contribution in [0, 0.1) is 6.92 Å². The molecule has 1 N–H and O–H groups in total. The van der Waals surface area contributed by atoms with Gasteiger partial charge in [-0.15, -0.1) is 0 Å². The molecule has 128 valence electrons. The van der Waals surface area contributed by atoms with E-state index in [9.17, 15) is 4.79 Å². The Bertz CT molecular complexity index is 496. The van der Waals surface area contributed by atoms with Gasteiger partial charge in [-0.05, 0) is 25.1 Å². The van der Waals surface area contributed by atoms with E-state index >= 15 is 0 Å². The second-order valence-electron chi connectivity index (χ2n) is 5.79. The Kier molecular flexibility index (Phi) is 7.15. The number of likely N-dealkylation sites (N-methyl/N-ethyl adjacent to an activating group) is 1. The van der Waals surface area contributed by atoms with Crippen molar-refractivity contribution in [3.8, 4) is 5.75 Å². The van der Waals surface area contributed by atoms with Gasteiger partial charge in [0.15, 0.2) is 0 Å². The second kappa shape index (κ2) is 9.11. The molecular weight excluding hydrogens is 314 g/mol. The van der Waals surface area contributed by atoms with E-state index in [1.54, 1.807) is 6.07 Å². The third-order valence-corrected chi connectivity index (χ3v) is 4.41. The maximum Gasteiger partial charge on any atom is 0.234 e. The van der Waals surface area contributed by atoms with E-state index in [1.807, 2.05) is 19.1 Å². The molecule has 0 atom stereocenters. The predicted octanol–water partition coefficient (Wildman–Crippen LogP) is 1.78. The summed E-state index contributed by atoms with van der Waals surface area (Å²) in [6, 6.07) is 5.65. The van der Waals surface area contributed by atoms with E-state index in [4.69, 9.17) is 16.3 Å². The van der Waals surface area contributed by atoms with Crippen LogP contribution in [0.3, 0.4) is 0 Å². The number of para-hydroxylation sites is 1. The SMILES string of the molecule is CCN1CCN(CC(=O)NCCOc2c(C)cccc2Cl)CC1. The number of ether oxygens (including phenoxy) is 1. The van der Waals surface area contributed by atoms with Gasteiger partial charge in [-0.3, -0.25) is 9.69 Å². The van der Waals surface area contributed by atoms with Crippen LogP contribution in [-0.4, -0.2) is 68.1 Å². The van der Waals surface area contributed by atoms with E-state index in [-0.39, 0.29) is 5.91 Å². The molecule has 1 aliphatic heterocycles. The van der Waals surface area contributed by atoms with E-state index in [0.29, 0.717) is 30.5 Å². The summed E-state index contributed by atoms with van der Waals surface area (Å²) < 4.78 is 5.67. The van der Waals surface area contributed by atoms with Gasteiger partial charge < -0.3 is 15.0 Å². The third kappa shape index (κ3) is 5.68. The van der Waals surface area contributed by atoms with Crippen molar-refractivity contribution in [3.05, 3.63) is 28.8 Å². The number of carbonyl (C=O) groups is 1. The molecule has 1 aromatic rings. The maximum absolute atomic E-state index is 12.0. The highest BCUT2D eigenvalue weighted by atomic mass is 35.5. The third-order valence-electron chi connectivity index (χ3n) is 4.11. The van der Waals surface area contributed by atoms with Crippen molar-refractivity contribution in [1.82, 2.24) is 15.1 Å². The normalized spacial score (nSPS) is 16.3. The van der Waals surface area contributed by atoms with Crippen molar-refractivity contribution in [1.29, 1.82) is 0 Å². The lowest BCUT2D eigenvalue weighted by Gasteiger charge is -2.33. The second-order valence-corrected chi connectivity index (χ2v) is 6.20. The summed E-state index contributed by atoms with van der Waals surface area (Å²) in [5.74, 6) is 0.744. The fourth-order valence-corrected chi connectivity index (χ4v) is 2.94. The zero-order chi connectivity index (χ0) is 16.7. The Morgan fingerprint density at radius 2 is 1.96 bits per heavy atom. The number of amides is 1. The maximum atomic E-state index is 12.0. The molecule has 0 aliphatic carbocycles. The number of halogens is 1. The molecule has 1 heterocycles. The lowest BCUT2D eigenvalue weighted by atomic mass is 10.2. The molecule has 0 unspecified atom stereocenters. The van der Waals surface area contributed by atoms with Gasteiger partial charge in [-0.1, -0.05) is 30.7 Å². The van der Waals surface area contributed by atoms with E-state index in [1.165, 1.54) is 0 Å². The highest BCUT2D eigenvalue weighted by Crippen LogP contribution is 2.27. The topological polar surface area (TPSA) is 44.8 Å². The molecule has 1 fully saturated rings. The molecule has 0 saturated carbocycles. The van der Waals surface area contributed by atoms with Crippen molar-refractivity contribution >= 4 is 17.5 Å². The average Bonchev–Trinajstić information content (AvgIpc) is 2.54. The van der Waals surface area contributed by atoms with Crippen LogP contribution in [0.5, 0.6) is 5.75 Å². The smallest absolute Gasteiger partial charge is 0.234 e. The molecule has 23 heavy (non-hydrogen) atoms. The van der Waals surface area contributed by atoms with Crippen LogP contribution in [0.1, 0.15) is 12.5 Å². The minimum atomic E-state index is 0.0504. The van der Waals surface area contributed by atoms with Crippen molar-refractivity contribution in [3.63, 3.8) is 0 Å². The molecule has 2 rings (SSSR count). The van der Waals surface area contributed by atoms with Crippen LogP contribution in [0.2, 0.25) is 5.02 Å². The Morgan fingerprint density at radius 3 is 2.61 bits per heavy atom. The van der Waals surface area contributed by atoms with Gasteiger partial charge in [0.1, 0.15) is 12.4 Å². The van der Waals surface area contributed by atoms with Crippen LogP contribution in [-0.2, 0) is 4.79 Å². The van der Waals surface area contributed by atoms with Gasteiger partial charge in [0.2, 0.25) is 5.91 Å². The van der Waals surface area contributed by atoms with Crippen LogP contribution >= 0.6 is 11.6 Å². The average molecular weight is 340 g/mol. The molecule has 5 nitrogen and oxygen atoms in total. The van der Waals surface area contributed by atoms with E-state index in [0.717, 1.165) is 38.3 Å². The lowest BCUT2D eigenvalue weighted by Crippen LogP contribution is -2.49.